The van der Waals surface area contributed by atoms with Gasteiger partial charge in [-0.05, 0) is 91.8 Å². The van der Waals surface area contributed by atoms with Gasteiger partial charge in [-0.2, -0.15) is 0 Å². The van der Waals surface area contributed by atoms with Gasteiger partial charge in [-0.15, -0.1) is 17.9 Å². The molecule has 4 bridgehead atoms. The van der Waals surface area contributed by atoms with Crippen LogP contribution in [-0.4, -0.2) is 61.1 Å². The molecular formula is C31H41N3O4S. The number of urea groups is 1. The maximum absolute atomic E-state index is 13.7. The van der Waals surface area contributed by atoms with Crippen LogP contribution >= 0.6 is 11.3 Å². The number of hydrogen-bond donors (Lipinski definition) is 1. The molecule has 0 aliphatic heterocycles. The van der Waals surface area contributed by atoms with Gasteiger partial charge in [-0.25, -0.2) is 4.79 Å². The minimum absolute atomic E-state index is 0.0293. The zero-order chi connectivity index (χ0) is 27.4. The lowest BCUT2D eigenvalue weighted by atomic mass is 9.53. The molecule has 0 unspecified atom stereocenters. The van der Waals surface area contributed by atoms with E-state index in [4.69, 9.17) is 9.47 Å². The summed E-state index contributed by atoms with van der Waals surface area (Å²) >= 11 is 1.63. The number of carbonyl (C=O) groups excluding carboxylic acids is 2. The van der Waals surface area contributed by atoms with Crippen LogP contribution in [0.5, 0.6) is 11.5 Å². The summed E-state index contributed by atoms with van der Waals surface area (Å²) in [6.07, 6.45) is 9.58. The molecule has 0 spiro atoms. The molecule has 2 aromatic rings. The molecule has 3 amide bonds. The summed E-state index contributed by atoms with van der Waals surface area (Å²) in [4.78, 5) is 31.9. The SMILES string of the molecule is C=CCN(CC(=O)N(CCc1ccc(OC)c(OC)c1)Cc1cccs1)C(=O)NC12CC3CC(CC(C3)C1)C2. The lowest BCUT2D eigenvalue weighted by Gasteiger charge is -2.57. The van der Waals surface area contributed by atoms with Crippen LogP contribution < -0.4 is 14.8 Å². The van der Waals surface area contributed by atoms with Crippen molar-refractivity contribution in [3.05, 3.63) is 58.8 Å². The Morgan fingerprint density at radius 3 is 2.33 bits per heavy atom. The smallest absolute Gasteiger partial charge is 0.318 e. The molecule has 0 atom stereocenters. The number of benzene rings is 1. The van der Waals surface area contributed by atoms with Crippen molar-refractivity contribution in [3.63, 3.8) is 0 Å². The zero-order valence-corrected chi connectivity index (χ0v) is 24.0. The Morgan fingerprint density at radius 1 is 1.05 bits per heavy atom. The number of nitrogens with zero attached hydrogens (tertiary/aromatic N) is 2. The Kier molecular flexibility index (Phi) is 8.50. The number of amides is 3. The molecule has 8 heteroatoms. The molecule has 210 valence electrons. The summed E-state index contributed by atoms with van der Waals surface area (Å²) in [6, 6.07) is 9.75. The number of thiophene rings is 1. The maximum Gasteiger partial charge on any atom is 0.318 e. The van der Waals surface area contributed by atoms with Gasteiger partial charge in [0.05, 0.1) is 20.8 Å². The average Bonchev–Trinajstić information content (AvgIpc) is 3.42. The molecule has 39 heavy (non-hydrogen) atoms. The van der Waals surface area contributed by atoms with Crippen LogP contribution in [0.3, 0.4) is 0 Å². The van der Waals surface area contributed by atoms with Gasteiger partial charge in [0.2, 0.25) is 5.91 Å². The van der Waals surface area contributed by atoms with Gasteiger partial charge in [0.15, 0.2) is 11.5 Å². The maximum atomic E-state index is 13.7. The molecule has 4 aliphatic carbocycles. The van der Waals surface area contributed by atoms with Gasteiger partial charge in [-0.3, -0.25) is 4.79 Å². The summed E-state index contributed by atoms with van der Waals surface area (Å²) in [6.45, 7) is 5.28. The standard InChI is InChI=1S/C31H41N3O4S/c1-4-10-34(30(36)32-31-17-23-13-24(18-31)15-25(14-23)19-31)21-29(35)33(20-26-6-5-12-39-26)11-9-22-7-8-27(37-2)28(16-22)38-3/h4-8,12,16,23-25H,1,9-11,13-15,17-21H2,2-3H3,(H,32,36). The lowest BCUT2D eigenvalue weighted by Crippen LogP contribution is -2.62. The monoisotopic (exact) mass is 551 g/mol. The van der Waals surface area contributed by atoms with E-state index in [9.17, 15) is 9.59 Å². The lowest BCUT2D eigenvalue weighted by molar-refractivity contribution is -0.132. The molecular weight excluding hydrogens is 510 g/mol. The number of carbonyl (C=O) groups is 2. The van der Waals surface area contributed by atoms with E-state index < -0.39 is 0 Å². The molecule has 4 fully saturated rings. The first-order valence-electron chi connectivity index (χ1n) is 14.1. The predicted molar refractivity (Wildman–Crippen MR) is 154 cm³/mol. The number of ether oxygens (including phenoxy) is 2. The second kappa shape index (κ2) is 12.0. The van der Waals surface area contributed by atoms with E-state index in [2.05, 4.69) is 11.9 Å². The van der Waals surface area contributed by atoms with Gasteiger partial charge in [-0.1, -0.05) is 18.2 Å². The van der Waals surface area contributed by atoms with Crippen LogP contribution in [0.1, 0.15) is 49.0 Å². The van der Waals surface area contributed by atoms with Crippen LogP contribution in [0.2, 0.25) is 0 Å². The largest absolute Gasteiger partial charge is 0.493 e. The Labute approximate surface area is 236 Å². The Morgan fingerprint density at radius 2 is 1.74 bits per heavy atom. The summed E-state index contributed by atoms with van der Waals surface area (Å²) in [5.74, 6) is 3.51. The van der Waals surface area contributed by atoms with Gasteiger partial charge < -0.3 is 24.6 Å². The van der Waals surface area contributed by atoms with Crippen molar-refractivity contribution in [2.75, 3.05) is 33.9 Å². The summed E-state index contributed by atoms with van der Waals surface area (Å²) < 4.78 is 10.8. The summed E-state index contributed by atoms with van der Waals surface area (Å²) in [5.41, 5.74) is 0.956. The van der Waals surface area contributed by atoms with Crippen molar-refractivity contribution < 1.29 is 19.1 Å². The fourth-order valence-electron chi connectivity index (χ4n) is 7.39. The highest BCUT2D eigenvalue weighted by molar-refractivity contribution is 7.09. The summed E-state index contributed by atoms with van der Waals surface area (Å²) in [5, 5.41) is 5.45. The zero-order valence-electron chi connectivity index (χ0n) is 23.2. The predicted octanol–water partition coefficient (Wildman–Crippen LogP) is 5.50. The quantitative estimate of drug-likeness (QED) is 0.354. The van der Waals surface area contributed by atoms with Crippen LogP contribution in [0, 0.1) is 17.8 Å². The Bertz CT molecular complexity index is 1130. The molecule has 1 aromatic carbocycles. The van der Waals surface area contributed by atoms with E-state index in [1.54, 1.807) is 36.5 Å². The van der Waals surface area contributed by atoms with E-state index in [-0.39, 0.29) is 24.0 Å². The third kappa shape index (κ3) is 6.43. The van der Waals surface area contributed by atoms with Gasteiger partial charge in [0, 0.05) is 23.5 Å². The fourth-order valence-corrected chi connectivity index (χ4v) is 8.11. The second-order valence-corrected chi connectivity index (χ2v) is 12.7. The van der Waals surface area contributed by atoms with Crippen molar-refractivity contribution in [1.82, 2.24) is 15.1 Å². The van der Waals surface area contributed by atoms with Crippen LogP contribution in [-0.2, 0) is 17.8 Å². The first kappa shape index (κ1) is 27.6. The Hall–Kier alpha value is -3.00. The molecule has 1 N–H and O–H groups in total. The normalized spacial score (nSPS) is 24.7. The molecule has 6 rings (SSSR count). The highest BCUT2D eigenvalue weighted by Crippen LogP contribution is 2.55. The first-order chi connectivity index (χ1) is 18.9. The first-order valence-corrected chi connectivity index (χ1v) is 15.0. The number of rotatable bonds is 12. The molecule has 4 aliphatic rings. The van der Waals surface area contributed by atoms with E-state index in [0.717, 1.165) is 47.5 Å². The molecule has 4 saturated carbocycles. The third-order valence-electron chi connectivity index (χ3n) is 8.77. The van der Waals surface area contributed by atoms with Crippen molar-refractivity contribution in [2.24, 2.45) is 17.8 Å². The van der Waals surface area contributed by atoms with E-state index in [1.807, 2.05) is 40.6 Å². The fraction of sp³-hybridized carbons (Fsp3) is 0.548. The number of methoxy groups -OCH3 is 2. The number of hydrogen-bond acceptors (Lipinski definition) is 5. The summed E-state index contributed by atoms with van der Waals surface area (Å²) in [7, 11) is 3.24. The van der Waals surface area contributed by atoms with Crippen LogP contribution in [0.25, 0.3) is 0 Å². The Balaban J connectivity index is 1.26. The topological polar surface area (TPSA) is 71.1 Å². The minimum atomic E-state index is -0.138. The van der Waals surface area contributed by atoms with Gasteiger partial charge in [0.1, 0.15) is 6.54 Å². The van der Waals surface area contributed by atoms with Gasteiger partial charge >= 0.3 is 6.03 Å². The minimum Gasteiger partial charge on any atom is -0.493 e. The molecule has 1 aromatic heterocycles. The van der Waals surface area contributed by atoms with E-state index in [1.165, 1.54) is 19.3 Å². The van der Waals surface area contributed by atoms with Gasteiger partial charge in [0.25, 0.3) is 0 Å². The van der Waals surface area contributed by atoms with Crippen LogP contribution in [0.15, 0.2) is 48.4 Å². The molecule has 0 radical (unpaired) electrons. The van der Waals surface area contributed by atoms with Crippen molar-refractivity contribution >= 4 is 23.3 Å². The third-order valence-corrected chi connectivity index (χ3v) is 9.63. The highest BCUT2D eigenvalue weighted by Gasteiger charge is 2.51. The van der Waals surface area contributed by atoms with Crippen LogP contribution in [0.4, 0.5) is 4.79 Å². The molecule has 7 nitrogen and oxygen atoms in total. The van der Waals surface area contributed by atoms with Crippen molar-refractivity contribution in [1.29, 1.82) is 0 Å². The van der Waals surface area contributed by atoms with Crippen molar-refractivity contribution in [3.8, 4) is 11.5 Å². The number of nitrogens with one attached hydrogen (secondary N) is 1. The molecule has 0 saturated heterocycles. The highest BCUT2D eigenvalue weighted by atomic mass is 32.1. The average molecular weight is 552 g/mol. The molecule has 1 heterocycles. The van der Waals surface area contributed by atoms with E-state index in [0.29, 0.717) is 37.6 Å². The van der Waals surface area contributed by atoms with E-state index >= 15 is 0 Å². The second-order valence-electron chi connectivity index (χ2n) is 11.6. The van der Waals surface area contributed by atoms with Crippen molar-refractivity contribution in [2.45, 2.75) is 57.0 Å².